The van der Waals surface area contributed by atoms with Crippen LogP contribution in [0.15, 0.2) is 77.2 Å². The molecule has 0 radical (unpaired) electrons. The first-order chi connectivity index (χ1) is 26.7. The summed E-state index contributed by atoms with van der Waals surface area (Å²) in [7, 11) is 0. The Morgan fingerprint density at radius 3 is 1.44 bits per heavy atom. The van der Waals surface area contributed by atoms with Gasteiger partial charge in [-0.3, -0.25) is 19.3 Å². The van der Waals surface area contributed by atoms with E-state index in [0.717, 1.165) is 103 Å². The maximum Gasteiger partial charge on any atom is 0.307 e. The van der Waals surface area contributed by atoms with Crippen molar-refractivity contribution in [3.8, 4) is 0 Å². The molecule has 0 aliphatic carbocycles. The van der Waals surface area contributed by atoms with Gasteiger partial charge >= 0.3 is 17.9 Å². The molecule has 3 saturated heterocycles. The molecular weight excluding hydrogens is 697 g/mol. The van der Waals surface area contributed by atoms with Crippen LogP contribution in [0, 0.1) is 35.5 Å². The normalized spacial score (nSPS) is 21.6. The first-order valence-corrected chi connectivity index (χ1v) is 19.9. The Kier molecular flexibility index (Phi) is 12.6. The van der Waals surface area contributed by atoms with E-state index in [9.17, 15) is 29.7 Å². The molecule has 4 aromatic rings. The van der Waals surface area contributed by atoms with Crippen LogP contribution in [0.25, 0.3) is 11.0 Å². The summed E-state index contributed by atoms with van der Waals surface area (Å²) in [5.74, 6) is -2.47. The van der Waals surface area contributed by atoms with E-state index in [1.165, 1.54) is 0 Å². The van der Waals surface area contributed by atoms with Crippen LogP contribution in [0.1, 0.15) is 52.8 Å². The summed E-state index contributed by atoms with van der Waals surface area (Å²) in [4.78, 5) is 39.1. The number of carboxylic acids is 3. The van der Waals surface area contributed by atoms with Crippen LogP contribution in [-0.4, -0.2) is 77.4 Å². The summed E-state index contributed by atoms with van der Waals surface area (Å²) >= 11 is 0. The summed E-state index contributed by atoms with van der Waals surface area (Å²) in [5, 5.41) is 41.0. The minimum absolute atomic E-state index is 0.110. The lowest BCUT2D eigenvalue weighted by Crippen LogP contribution is -2.27. The zero-order valence-corrected chi connectivity index (χ0v) is 31.4. The minimum Gasteiger partial charge on any atom is -0.481 e. The fraction of sp³-hybridized carbons (Fsp3) is 0.477. The molecule has 4 heterocycles. The second-order valence-corrected chi connectivity index (χ2v) is 16.1. The maximum absolute atomic E-state index is 12.3. The van der Waals surface area contributed by atoms with E-state index in [0.29, 0.717) is 38.9 Å². The molecule has 0 amide bonds. The zero-order valence-electron chi connectivity index (χ0n) is 31.4. The molecule has 3 aliphatic rings. The van der Waals surface area contributed by atoms with Crippen molar-refractivity contribution in [2.24, 2.45) is 35.5 Å². The van der Waals surface area contributed by atoms with E-state index in [4.69, 9.17) is 4.42 Å². The van der Waals surface area contributed by atoms with Gasteiger partial charge in [-0.15, -0.1) is 0 Å². The Balaban J connectivity index is 1.12. The van der Waals surface area contributed by atoms with E-state index in [-0.39, 0.29) is 17.8 Å². The average Bonchev–Trinajstić information content (AvgIpc) is 4.00. The summed E-state index contributed by atoms with van der Waals surface area (Å²) in [6, 6.07) is 24.5. The van der Waals surface area contributed by atoms with Crippen molar-refractivity contribution in [3.63, 3.8) is 0 Å². The Bertz CT molecular complexity index is 1860. The van der Waals surface area contributed by atoms with Gasteiger partial charge in [0.05, 0.1) is 24.3 Å². The molecule has 0 spiro atoms. The number of fused-ring (bicyclic) bond motifs is 1. The van der Waals surface area contributed by atoms with Crippen molar-refractivity contribution < 1.29 is 34.1 Å². The monoisotopic (exact) mass is 750 g/mol. The maximum atomic E-state index is 12.3. The number of nitrogens with zero attached hydrogens (tertiary/aromatic N) is 1. The molecule has 0 saturated carbocycles. The van der Waals surface area contributed by atoms with Gasteiger partial charge in [0.2, 0.25) is 0 Å². The van der Waals surface area contributed by atoms with Gasteiger partial charge in [0.15, 0.2) is 0 Å². The highest BCUT2D eigenvalue weighted by Gasteiger charge is 2.33. The molecule has 3 aromatic carbocycles. The lowest BCUT2D eigenvalue weighted by atomic mass is 9.86. The van der Waals surface area contributed by atoms with E-state index >= 15 is 0 Å². The topological polar surface area (TPSA) is 164 Å². The fourth-order valence-electron chi connectivity index (χ4n) is 9.16. The molecule has 11 heteroatoms. The van der Waals surface area contributed by atoms with Gasteiger partial charge in [0, 0.05) is 18.5 Å². The van der Waals surface area contributed by atoms with Crippen LogP contribution in [0.3, 0.4) is 0 Å². The van der Waals surface area contributed by atoms with Crippen LogP contribution in [0.2, 0.25) is 0 Å². The summed E-state index contributed by atoms with van der Waals surface area (Å²) in [5.41, 5.74) is 5.88. The zero-order chi connectivity index (χ0) is 38.3. The van der Waals surface area contributed by atoms with Crippen LogP contribution < -0.4 is 16.0 Å². The first-order valence-electron chi connectivity index (χ1n) is 19.9. The third kappa shape index (κ3) is 10.0. The second kappa shape index (κ2) is 17.9. The van der Waals surface area contributed by atoms with Gasteiger partial charge < -0.3 is 35.7 Å². The molecule has 6 unspecified atom stereocenters. The van der Waals surface area contributed by atoms with Gasteiger partial charge in [-0.2, -0.15) is 0 Å². The predicted molar refractivity (Wildman–Crippen MR) is 209 cm³/mol. The molecule has 55 heavy (non-hydrogen) atoms. The van der Waals surface area contributed by atoms with Crippen molar-refractivity contribution in [2.45, 2.75) is 58.2 Å². The SMILES string of the molecule is O=C(O)C(Cc1cccc(CN(Cc2cccc(CC(C(=O)O)C3CCNC3)c2)Cc2cc3cc(CC(C(=O)O)C4CCNC4)ccc3o2)c1)C1CCNC1. The number of hydrogen-bond donors (Lipinski definition) is 6. The number of furan rings is 1. The fourth-order valence-corrected chi connectivity index (χ4v) is 9.16. The highest BCUT2D eigenvalue weighted by molar-refractivity contribution is 5.79. The summed E-state index contributed by atoms with van der Waals surface area (Å²) in [6.45, 7) is 6.41. The van der Waals surface area contributed by atoms with E-state index in [1.54, 1.807) is 0 Å². The lowest BCUT2D eigenvalue weighted by Gasteiger charge is -2.23. The quantitative estimate of drug-likeness (QED) is 0.0793. The standard InChI is InChI=1S/C44H54N4O7/c49-42(50)38(33-9-12-45-22-33)18-28-3-1-5-31(15-28)25-48(26-32-6-2-4-29(16-32)19-39(43(51)52)34-10-13-46-23-34)27-37-21-36-17-30(7-8-41(36)55-37)20-40(44(53)54)35-11-14-47-24-35/h1-8,15-17,21,33-35,38-40,45-47H,9-14,18-20,22-27H2,(H,49,50)(H,51,52)(H,53,54). The van der Waals surface area contributed by atoms with Crippen LogP contribution >= 0.6 is 0 Å². The van der Waals surface area contributed by atoms with Crippen LogP contribution in [0.4, 0.5) is 0 Å². The van der Waals surface area contributed by atoms with Gasteiger partial charge in [-0.1, -0.05) is 54.6 Å². The van der Waals surface area contributed by atoms with Crippen molar-refractivity contribution in [1.82, 2.24) is 20.9 Å². The Hall–Kier alpha value is -4.55. The third-order valence-electron chi connectivity index (χ3n) is 12.1. The second-order valence-electron chi connectivity index (χ2n) is 16.1. The lowest BCUT2D eigenvalue weighted by molar-refractivity contribution is -0.144. The molecule has 3 aliphatic heterocycles. The van der Waals surface area contributed by atoms with Crippen LogP contribution in [0.5, 0.6) is 0 Å². The van der Waals surface area contributed by atoms with Gasteiger partial charge in [-0.05, 0) is 142 Å². The number of carboxylic acid groups (broad SMARTS) is 3. The third-order valence-corrected chi connectivity index (χ3v) is 12.1. The van der Waals surface area contributed by atoms with Crippen molar-refractivity contribution >= 4 is 28.9 Å². The number of aliphatic carboxylic acids is 3. The van der Waals surface area contributed by atoms with Crippen molar-refractivity contribution in [2.75, 3.05) is 39.3 Å². The van der Waals surface area contributed by atoms with E-state index < -0.39 is 35.7 Å². The molecule has 11 nitrogen and oxygen atoms in total. The minimum atomic E-state index is -0.756. The predicted octanol–water partition coefficient (Wildman–Crippen LogP) is 5.19. The number of nitrogens with one attached hydrogen (secondary N) is 3. The number of carbonyl (C=O) groups is 3. The molecule has 1 aromatic heterocycles. The summed E-state index contributed by atoms with van der Waals surface area (Å²) in [6.07, 6.45) is 4.02. The van der Waals surface area contributed by atoms with E-state index in [2.05, 4.69) is 51.2 Å². The smallest absolute Gasteiger partial charge is 0.307 e. The van der Waals surface area contributed by atoms with Gasteiger partial charge in [0.1, 0.15) is 11.3 Å². The molecule has 3 fully saturated rings. The molecule has 292 valence electrons. The van der Waals surface area contributed by atoms with E-state index in [1.807, 2.05) is 42.5 Å². The van der Waals surface area contributed by atoms with Gasteiger partial charge in [-0.25, -0.2) is 0 Å². The molecular formula is C44H54N4O7. The Morgan fingerprint density at radius 2 is 1.02 bits per heavy atom. The summed E-state index contributed by atoms with van der Waals surface area (Å²) < 4.78 is 6.39. The number of hydrogen-bond acceptors (Lipinski definition) is 8. The van der Waals surface area contributed by atoms with Gasteiger partial charge in [0.25, 0.3) is 0 Å². The van der Waals surface area contributed by atoms with Crippen LogP contribution in [-0.2, 0) is 53.3 Å². The molecule has 6 N–H and O–H groups in total. The van der Waals surface area contributed by atoms with Crippen molar-refractivity contribution in [3.05, 3.63) is 106 Å². The number of benzene rings is 3. The average molecular weight is 751 g/mol. The Labute approximate surface area is 322 Å². The molecule has 7 rings (SSSR count). The highest BCUT2D eigenvalue weighted by Crippen LogP contribution is 2.30. The Morgan fingerprint density at radius 1 is 0.582 bits per heavy atom. The molecule has 6 atom stereocenters. The molecule has 0 bridgehead atoms. The number of rotatable bonds is 18. The van der Waals surface area contributed by atoms with Crippen molar-refractivity contribution in [1.29, 1.82) is 0 Å². The largest absolute Gasteiger partial charge is 0.481 e. The highest BCUT2D eigenvalue weighted by atomic mass is 16.4. The first kappa shape index (κ1) is 38.7.